The zero-order valence-corrected chi connectivity index (χ0v) is 23.4. The second kappa shape index (κ2) is 21.5. The van der Waals surface area contributed by atoms with E-state index in [1.165, 1.54) is 12.8 Å². The average Bonchev–Trinajstić information content (AvgIpc) is 2.91. The minimum atomic E-state index is -1.56. The van der Waals surface area contributed by atoms with Crippen molar-refractivity contribution in [2.75, 3.05) is 13.2 Å². The lowest BCUT2D eigenvalue weighted by Gasteiger charge is -2.40. The van der Waals surface area contributed by atoms with Crippen LogP contribution in [0.2, 0.25) is 0 Å². The number of hydrogen-bond donors (Lipinski definition) is 6. The Kier molecular flexibility index (Phi) is 19.6. The second-order valence-electron chi connectivity index (χ2n) is 10.2. The summed E-state index contributed by atoms with van der Waals surface area (Å²) in [5, 5.41) is 53.0. The predicted octanol–water partition coefficient (Wildman–Crippen LogP) is 2.87. The van der Waals surface area contributed by atoms with E-state index in [1.54, 1.807) is 6.08 Å². The molecule has 1 aliphatic rings. The molecule has 1 amide bonds. The Hall–Kier alpha value is -1.33. The van der Waals surface area contributed by atoms with Gasteiger partial charge in [0.05, 0.1) is 25.4 Å². The summed E-state index contributed by atoms with van der Waals surface area (Å²) < 4.78 is 11.0. The smallest absolute Gasteiger partial charge is 0.220 e. The number of amides is 1. The number of unbranched alkanes of at least 4 members (excludes halogenated alkanes) is 9. The molecule has 222 valence electrons. The van der Waals surface area contributed by atoms with Gasteiger partial charge in [0.1, 0.15) is 24.4 Å². The van der Waals surface area contributed by atoms with Crippen molar-refractivity contribution in [1.29, 1.82) is 0 Å². The maximum absolute atomic E-state index is 12.6. The predicted molar refractivity (Wildman–Crippen MR) is 147 cm³/mol. The van der Waals surface area contributed by atoms with Crippen molar-refractivity contribution >= 4 is 5.91 Å². The van der Waals surface area contributed by atoms with Crippen LogP contribution in [0.15, 0.2) is 24.3 Å². The molecule has 0 aliphatic carbocycles. The van der Waals surface area contributed by atoms with Gasteiger partial charge in [0.2, 0.25) is 5.91 Å². The average molecular weight is 544 g/mol. The molecule has 9 nitrogen and oxygen atoms in total. The van der Waals surface area contributed by atoms with Crippen molar-refractivity contribution < 1.29 is 39.8 Å². The van der Waals surface area contributed by atoms with Gasteiger partial charge in [-0.05, 0) is 32.1 Å². The lowest BCUT2D eigenvalue weighted by atomic mass is 9.99. The summed E-state index contributed by atoms with van der Waals surface area (Å²) in [5.74, 6) is -0.202. The Morgan fingerprint density at radius 3 is 2.13 bits per heavy atom. The van der Waals surface area contributed by atoms with E-state index >= 15 is 0 Å². The highest BCUT2D eigenvalue weighted by atomic mass is 16.7. The molecule has 1 fully saturated rings. The van der Waals surface area contributed by atoms with Crippen LogP contribution in [0.4, 0.5) is 0 Å². The van der Waals surface area contributed by atoms with Crippen LogP contribution in [-0.4, -0.2) is 87.5 Å². The molecule has 6 N–H and O–H groups in total. The van der Waals surface area contributed by atoms with Gasteiger partial charge in [0, 0.05) is 6.42 Å². The molecule has 1 heterocycles. The van der Waals surface area contributed by atoms with E-state index in [0.717, 1.165) is 64.2 Å². The quantitative estimate of drug-likeness (QED) is 0.0956. The van der Waals surface area contributed by atoms with Gasteiger partial charge in [0.15, 0.2) is 6.29 Å². The second-order valence-corrected chi connectivity index (χ2v) is 10.2. The number of aliphatic hydroxyl groups is 5. The molecule has 9 heteroatoms. The molecular weight excluding hydrogens is 490 g/mol. The van der Waals surface area contributed by atoms with Crippen molar-refractivity contribution in [3.63, 3.8) is 0 Å². The fourth-order valence-electron chi connectivity index (χ4n) is 4.24. The molecule has 0 bridgehead atoms. The number of hydrogen-bond acceptors (Lipinski definition) is 8. The first-order valence-corrected chi connectivity index (χ1v) is 14.6. The van der Waals surface area contributed by atoms with E-state index in [9.17, 15) is 30.3 Å². The van der Waals surface area contributed by atoms with Gasteiger partial charge in [0.25, 0.3) is 0 Å². The van der Waals surface area contributed by atoms with E-state index in [2.05, 4.69) is 31.3 Å². The minimum Gasteiger partial charge on any atom is -0.394 e. The van der Waals surface area contributed by atoms with Crippen LogP contribution in [0.5, 0.6) is 0 Å². The van der Waals surface area contributed by atoms with Crippen molar-refractivity contribution in [3.05, 3.63) is 24.3 Å². The van der Waals surface area contributed by atoms with E-state index in [1.807, 2.05) is 6.08 Å². The van der Waals surface area contributed by atoms with E-state index in [-0.39, 0.29) is 12.5 Å². The Morgan fingerprint density at radius 2 is 1.47 bits per heavy atom. The van der Waals surface area contributed by atoms with Crippen LogP contribution in [0.3, 0.4) is 0 Å². The highest BCUT2D eigenvalue weighted by Crippen LogP contribution is 2.22. The highest BCUT2D eigenvalue weighted by Gasteiger charge is 2.44. The first-order chi connectivity index (χ1) is 18.3. The molecule has 0 spiro atoms. The number of carbonyl (C=O) groups is 1. The standard InChI is InChI=1S/C29H53NO8/c1-3-5-7-9-10-11-12-13-14-15-17-19-25(33)30-22(23(32)18-16-8-6-4-2)21-37-29-28(36)27(35)26(34)24(20-31)38-29/h9-10,16,18,22-24,26-29,31-32,34-36H,3-8,11-15,17,19-21H2,1-2H3,(H,30,33)/b10-9-,18-16+. The molecule has 0 radical (unpaired) electrons. The normalized spacial score (nSPS) is 25.7. The first kappa shape index (κ1) is 34.7. The molecule has 0 aromatic heterocycles. The lowest BCUT2D eigenvalue weighted by Crippen LogP contribution is -2.60. The van der Waals surface area contributed by atoms with Crippen LogP contribution in [0.25, 0.3) is 0 Å². The fraction of sp³-hybridized carbons (Fsp3) is 0.828. The fourth-order valence-corrected chi connectivity index (χ4v) is 4.24. The van der Waals surface area contributed by atoms with Gasteiger partial charge in [-0.2, -0.15) is 0 Å². The third kappa shape index (κ3) is 14.2. The molecular formula is C29H53NO8. The van der Waals surface area contributed by atoms with Gasteiger partial charge in [-0.15, -0.1) is 0 Å². The van der Waals surface area contributed by atoms with Gasteiger partial charge < -0.3 is 40.3 Å². The van der Waals surface area contributed by atoms with Gasteiger partial charge in [-0.3, -0.25) is 4.79 Å². The minimum absolute atomic E-state index is 0.195. The maximum Gasteiger partial charge on any atom is 0.220 e. The van der Waals surface area contributed by atoms with Crippen molar-refractivity contribution in [2.45, 2.75) is 140 Å². The Morgan fingerprint density at radius 1 is 0.868 bits per heavy atom. The summed E-state index contributed by atoms with van der Waals surface area (Å²) in [7, 11) is 0. The van der Waals surface area contributed by atoms with Gasteiger partial charge in [-0.1, -0.05) is 83.1 Å². The maximum atomic E-state index is 12.6. The van der Waals surface area contributed by atoms with Crippen LogP contribution in [0, 0.1) is 0 Å². The third-order valence-electron chi connectivity index (χ3n) is 6.77. The van der Waals surface area contributed by atoms with Crippen LogP contribution < -0.4 is 5.32 Å². The molecule has 38 heavy (non-hydrogen) atoms. The number of aliphatic hydroxyl groups excluding tert-OH is 5. The van der Waals surface area contributed by atoms with Crippen molar-refractivity contribution in [3.8, 4) is 0 Å². The summed E-state index contributed by atoms with van der Waals surface area (Å²) >= 11 is 0. The van der Waals surface area contributed by atoms with E-state index in [4.69, 9.17) is 9.47 Å². The Balaban J connectivity index is 2.50. The number of carbonyl (C=O) groups excluding carboxylic acids is 1. The molecule has 7 unspecified atom stereocenters. The van der Waals surface area contributed by atoms with Crippen LogP contribution >= 0.6 is 0 Å². The molecule has 1 rings (SSSR count). The number of allylic oxidation sites excluding steroid dienone is 3. The summed E-state index contributed by atoms with van der Waals surface area (Å²) in [6.07, 6.45) is 12.9. The largest absolute Gasteiger partial charge is 0.394 e. The number of nitrogens with one attached hydrogen (secondary N) is 1. The monoisotopic (exact) mass is 543 g/mol. The SMILES string of the molecule is CCCC/C=C\CCCCCCCC(=O)NC(COC1OC(CO)C(O)C(O)C1O)C(O)/C=C/CCCC. The first-order valence-electron chi connectivity index (χ1n) is 14.6. The van der Waals surface area contributed by atoms with Crippen LogP contribution in [-0.2, 0) is 14.3 Å². The Labute approximate surface area is 228 Å². The lowest BCUT2D eigenvalue weighted by molar-refractivity contribution is -0.302. The van der Waals surface area contributed by atoms with Gasteiger partial charge in [-0.25, -0.2) is 0 Å². The molecule has 0 aromatic rings. The zero-order valence-electron chi connectivity index (χ0n) is 23.4. The third-order valence-corrected chi connectivity index (χ3v) is 6.77. The molecule has 1 aliphatic heterocycles. The number of ether oxygens (including phenoxy) is 2. The van der Waals surface area contributed by atoms with Gasteiger partial charge >= 0.3 is 0 Å². The van der Waals surface area contributed by atoms with Crippen LogP contribution in [0.1, 0.15) is 97.3 Å². The molecule has 7 atom stereocenters. The summed E-state index contributed by atoms with van der Waals surface area (Å²) in [5.41, 5.74) is 0. The zero-order chi connectivity index (χ0) is 28.2. The molecule has 1 saturated heterocycles. The summed E-state index contributed by atoms with van der Waals surface area (Å²) in [6.45, 7) is 3.51. The van der Waals surface area contributed by atoms with E-state index in [0.29, 0.717) is 6.42 Å². The topological polar surface area (TPSA) is 149 Å². The van der Waals surface area contributed by atoms with E-state index < -0.39 is 49.5 Å². The molecule has 0 aromatic carbocycles. The summed E-state index contributed by atoms with van der Waals surface area (Å²) in [6, 6.07) is -0.799. The number of rotatable bonds is 21. The summed E-state index contributed by atoms with van der Waals surface area (Å²) in [4.78, 5) is 12.6. The molecule has 0 saturated carbocycles. The van der Waals surface area contributed by atoms with Crippen molar-refractivity contribution in [2.24, 2.45) is 0 Å². The highest BCUT2D eigenvalue weighted by molar-refractivity contribution is 5.76. The Bertz CT molecular complexity index is 656. The van der Waals surface area contributed by atoms with Crippen molar-refractivity contribution in [1.82, 2.24) is 5.32 Å².